The largest absolute Gasteiger partial charge is 0.481 e. The summed E-state index contributed by atoms with van der Waals surface area (Å²) in [7, 11) is 1.94. The Morgan fingerprint density at radius 1 is 1.37 bits per heavy atom. The second-order valence-electron chi connectivity index (χ2n) is 6.37. The third-order valence-electron chi connectivity index (χ3n) is 3.44. The zero-order valence-electron chi connectivity index (χ0n) is 12.8. The van der Waals surface area contributed by atoms with Crippen LogP contribution in [0.2, 0.25) is 0 Å². The van der Waals surface area contributed by atoms with Gasteiger partial charge in [-0.05, 0) is 29.5 Å². The van der Waals surface area contributed by atoms with Crippen molar-refractivity contribution in [3.05, 3.63) is 29.3 Å². The van der Waals surface area contributed by atoms with E-state index in [1.807, 2.05) is 11.9 Å². The van der Waals surface area contributed by atoms with Gasteiger partial charge >= 0.3 is 5.97 Å². The number of anilines is 1. The van der Waals surface area contributed by atoms with Gasteiger partial charge in [0.1, 0.15) is 0 Å². The van der Waals surface area contributed by atoms with E-state index in [0.29, 0.717) is 6.54 Å². The van der Waals surface area contributed by atoms with E-state index in [1.165, 1.54) is 11.1 Å². The molecule has 0 fully saturated rings. The van der Waals surface area contributed by atoms with Crippen LogP contribution in [0, 0.1) is 12.8 Å². The highest BCUT2D eigenvalue weighted by Gasteiger charge is 2.17. The molecule has 0 bridgehead atoms. The van der Waals surface area contributed by atoms with Crippen molar-refractivity contribution in [2.45, 2.75) is 40.0 Å². The van der Waals surface area contributed by atoms with Crippen LogP contribution in [0.3, 0.4) is 0 Å². The zero-order valence-corrected chi connectivity index (χ0v) is 12.8. The molecule has 1 unspecified atom stereocenters. The van der Waals surface area contributed by atoms with Crippen molar-refractivity contribution in [2.24, 2.45) is 5.92 Å². The van der Waals surface area contributed by atoms with E-state index in [-0.39, 0.29) is 11.3 Å². The first-order valence-corrected chi connectivity index (χ1v) is 6.68. The molecular weight excluding hydrogens is 238 g/mol. The number of hydrogen-bond donors (Lipinski definition) is 1. The second-order valence-corrected chi connectivity index (χ2v) is 6.37. The fourth-order valence-corrected chi connectivity index (χ4v) is 2.14. The number of carboxylic acid groups (broad SMARTS) is 1. The maximum atomic E-state index is 10.9. The Balaban J connectivity index is 2.94. The van der Waals surface area contributed by atoms with Crippen LogP contribution >= 0.6 is 0 Å². The Morgan fingerprint density at radius 2 is 1.95 bits per heavy atom. The fraction of sp³-hybridized carbons (Fsp3) is 0.562. The number of carboxylic acids is 1. The van der Waals surface area contributed by atoms with Gasteiger partial charge in [0.2, 0.25) is 0 Å². The predicted octanol–water partition coefficient (Wildman–Crippen LogP) is 3.45. The highest BCUT2D eigenvalue weighted by atomic mass is 16.4. The van der Waals surface area contributed by atoms with Crippen molar-refractivity contribution < 1.29 is 9.90 Å². The number of aliphatic carboxylic acids is 1. The summed E-state index contributed by atoms with van der Waals surface area (Å²) in [4.78, 5) is 12.9. The minimum atomic E-state index is -0.754. The molecular formula is C16H25NO2. The van der Waals surface area contributed by atoms with Gasteiger partial charge in [-0.25, -0.2) is 0 Å². The third-order valence-corrected chi connectivity index (χ3v) is 3.44. The van der Waals surface area contributed by atoms with Crippen LogP contribution in [-0.2, 0) is 10.2 Å². The van der Waals surface area contributed by atoms with Gasteiger partial charge in [0.25, 0.3) is 0 Å². The normalized spacial score (nSPS) is 13.2. The number of nitrogens with zero attached hydrogens (tertiary/aromatic N) is 1. The maximum Gasteiger partial charge on any atom is 0.308 e. The lowest BCUT2D eigenvalue weighted by Crippen LogP contribution is -2.29. The molecule has 1 aromatic rings. The molecule has 0 saturated carbocycles. The van der Waals surface area contributed by atoms with Crippen LogP contribution in [0.1, 0.15) is 38.8 Å². The van der Waals surface area contributed by atoms with E-state index < -0.39 is 5.97 Å². The fourth-order valence-electron chi connectivity index (χ4n) is 2.14. The summed E-state index contributed by atoms with van der Waals surface area (Å²) in [5.74, 6) is -1.12. The molecule has 1 atom stereocenters. The maximum absolute atomic E-state index is 10.9. The summed E-state index contributed by atoms with van der Waals surface area (Å²) >= 11 is 0. The van der Waals surface area contributed by atoms with Crippen molar-refractivity contribution in [1.82, 2.24) is 0 Å². The number of benzene rings is 1. The van der Waals surface area contributed by atoms with Crippen molar-refractivity contribution in [2.75, 3.05) is 18.5 Å². The average molecular weight is 263 g/mol. The van der Waals surface area contributed by atoms with Crippen LogP contribution in [-0.4, -0.2) is 24.7 Å². The summed E-state index contributed by atoms with van der Waals surface area (Å²) in [6.45, 7) is 10.9. The molecule has 19 heavy (non-hydrogen) atoms. The Morgan fingerprint density at radius 3 is 2.37 bits per heavy atom. The molecule has 0 aliphatic rings. The molecule has 0 amide bonds. The SMILES string of the molecule is Cc1cc(C(C)(C)C)ccc1N(C)CC(C)C(=O)O. The minimum absolute atomic E-state index is 0.135. The number of carbonyl (C=O) groups is 1. The van der Waals surface area contributed by atoms with Gasteiger partial charge < -0.3 is 10.0 Å². The first kappa shape index (κ1) is 15.5. The third kappa shape index (κ3) is 3.98. The molecule has 0 aromatic heterocycles. The summed E-state index contributed by atoms with van der Waals surface area (Å²) in [6.07, 6.45) is 0. The minimum Gasteiger partial charge on any atom is -0.481 e. The summed E-state index contributed by atoms with van der Waals surface area (Å²) in [5, 5.41) is 8.97. The molecule has 0 aliphatic heterocycles. The number of rotatable bonds is 4. The number of aryl methyl sites for hydroxylation is 1. The summed E-state index contributed by atoms with van der Waals surface area (Å²) in [6, 6.07) is 6.41. The van der Waals surface area contributed by atoms with Crippen LogP contribution in [0.15, 0.2) is 18.2 Å². The second kappa shape index (κ2) is 5.64. The standard InChI is InChI=1S/C16H25NO2/c1-11-9-13(16(3,4)5)7-8-14(11)17(6)10-12(2)15(18)19/h7-9,12H,10H2,1-6H3,(H,18,19). The van der Waals surface area contributed by atoms with E-state index in [0.717, 1.165) is 5.69 Å². The first-order chi connectivity index (χ1) is 8.62. The van der Waals surface area contributed by atoms with Gasteiger partial charge in [-0.15, -0.1) is 0 Å². The van der Waals surface area contributed by atoms with E-state index in [9.17, 15) is 4.79 Å². The molecule has 0 aliphatic carbocycles. The van der Waals surface area contributed by atoms with E-state index in [1.54, 1.807) is 6.92 Å². The highest BCUT2D eigenvalue weighted by molar-refractivity contribution is 5.70. The van der Waals surface area contributed by atoms with Crippen molar-refractivity contribution in [3.8, 4) is 0 Å². The summed E-state index contributed by atoms with van der Waals surface area (Å²) < 4.78 is 0. The van der Waals surface area contributed by atoms with E-state index in [4.69, 9.17) is 5.11 Å². The van der Waals surface area contributed by atoms with Crippen LogP contribution in [0.4, 0.5) is 5.69 Å². The molecule has 1 N–H and O–H groups in total. The average Bonchev–Trinajstić information content (AvgIpc) is 2.27. The molecule has 0 spiro atoms. The Bertz CT molecular complexity index is 460. The highest BCUT2D eigenvalue weighted by Crippen LogP contribution is 2.28. The molecule has 3 heteroatoms. The molecule has 1 rings (SSSR count). The van der Waals surface area contributed by atoms with Gasteiger partial charge in [-0.2, -0.15) is 0 Å². The molecule has 3 nitrogen and oxygen atoms in total. The van der Waals surface area contributed by atoms with Gasteiger partial charge in [-0.1, -0.05) is 39.8 Å². The summed E-state index contributed by atoms with van der Waals surface area (Å²) in [5.41, 5.74) is 3.72. The van der Waals surface area contributed by atoms with Crippen LogP contribution in [0.25, 0.3) is 0 Å². The Labute approximate surface area is 116 Å². The Hall–Kier alpha value is -1.51. The van der Waals surface area contributed by atoms with Crippen molar-refractivity contribution in [3.63, 3.8) is 0 Å². The van der Waals surface area contributed by atoms with E-state index >= 15 is 0 Å². The van der Waals surface area contributed by atoms with Gasteiger partial charge in [0.15, 0.2) is 0 Å². The van der Waals surface area contributed by atoms with Gasteiger partial charge in [-0.3, -0.25) is 4.79 Å². The quantitative estimate of drug-likeness (QED) is 0.904. The Kier molecular flexibility index (Phi) is 4.61. The van der Waals surface area contributed by atoms with E-state index in [2.05, 4.69) is 45.9 Å². The van der Waals surface area contributed by atoms with Crippen molar-refractivity contribution in [1.29, 1.82) is 0 Å². The molecule has 0 heterocycles. The lowest BCUT2D eigenvalue weighted by molar-refractivity contribution is -0.140. The molecule has 0 radical (unpaired) electrons. The lowest BCUT2D eigenvalue weighted by Gasteiger charge is -2.26. The van der Waals surface area contributed by atoms with Gasteiger partial charge in [0, 0.05) is 19.3 Å². The topological polar surface area (TPSA) is 40.5 Å². The first-order valence-electron chi connectivity index (χ1n) is 6.68. The predicted molar refractivity (Wildman–Crippen MR) is 79.9 cm³/mol. The monoisotopic (exact) mass is 263 g/mol. The smallest absolute Gasteiger partial charge is 0.308 e. The molecule has 1 aromatic carbocycles. The van der Waals surface area contributed by atoms with Crippen LogP contribution in [0.5, 0.6) is 0 Å². The van der Waals surface area contributed by atoms with Crippen molar-refractivity contribution >= 4 is 11.7 Å². The van der Waals surface area contributed by atoms with Crippen LogP contribution < -0.4 is 4.90 Å². The lowest BCUT2D eigenvalue weighted by atomic mass is 9.86. The molecule has 0 saturated heterocycles. The van der Waals surface area contributed by atoms with Gasteiger partial charge in [0.05, 0.1) is 5.92 Å². The zero-order chi connectivity index (χ0) is 14.8. The molecule has 106 valence electrons. The number of hydrogen-bond acceptors (Lipinski definition) is 2.